The molecule has 0 spiro atoms. The van der Waals surface area contributed by atoms with Crippen LogP contribution in [0.1, 0.15) is 12.8 Å². The molecule has 1 saturated carbocycles. The van der Waals surface area contributed by atoms with Crippen LogP contribution in [0.2, 0.25) is 0 Å². The lowest BCUT2D eigenvalue weighted by molar-refractivity contribution is -0.119. The van der Waals surface area contributed by atoms with Crippen LogP contribution in [0.25, 0.3) is 11.0 Å². The lowest BCUT2D eigenvalue weighted by atomic mass is 10.1. The number of hydrogen-bond acceptors (Lipinski definition) is 4. The van der Waals surface area contributed by atoms with E-state index in [9.17, 15) is 9.59 Å². The monoisotopic (exact) mass is 254 g/mol. The van der Waals surface area contributed by atoms with Gasteiger partial charge in [0.25, 0.3) is 0 Å². The number of benzene rings is 1. The second kappa shape index (κ2) is 3.95. The van der Waals surface area contributed by atoms with Gasteiger partial charge in [0, 0.05) is 17.1 Å². The predicted octanol–water partition coefficient (Wildman–Crippen LogP) is 2.04. The lowest BCUT2D eigenvalue weighted by Gasteiger charge is -2.08. The Morgan fingerprint density at radius 3 is 2.79 bits per heavy atom. The first-order valence-corrected chi connectivity index (χ1v) is 5.90. The Labute approximate surface area is 108 Å². The van der Waals surface area contributed by atoms with Gasteiger partial charge < -0.3 is 9.73 Å². The molecule has 1 amide bonds. The van der Waals surface area contributed by atoms with Gasteiger partial charge in [0.15, 0.2) is 0 Å². The summed E-state index contributed by atoms with van der Waals surface area (Å²) < 4.78 is 5.00. The minimum Gasteiger partial charge on any atom is -0.423 e. The standard InChI is InChI=1S/C14H10N2O3/c15-8-14(5-6-14)13(18)16-10-2-3-11-9(7-10)1-4-12(17)19-11/h1-4,7H,5-6H2,(H,16,18). The quantitative estimate of drug-likeness (QED) is 0.831. The number of amides is 1. The van der Waals surface area contributed by atoms with E-state index in [1.54, 1.807) is 24.3 Å². The number of carbonyl (C=O) groups excluding carboxylic acids is 1. The molecule has 1 fully saturated rings. The van der Waals surface area contributed by atoms with Crippen molar-refractivity contribution < 1.29 is 9.21 Å². The van der Waals surface area contributed by atoms with Crippen LogP contribution in [0.15, 0.2) is 39.5 Å². The van der Waals surface area contributed by atoms with Crippen LogP contribution in [0.3, 0.4) is 0 Å². The molecule has 94 valence electrons. The summed E-state index contributed by atoms with van der Waals surface area (Å²) >= 11 is 0. The molecule has 1 N–H and O–H groups in total. The molecule has 0 saturated heterocycles. The first-order chi connectivity index (χ1) is 9.13. The summed E-state index contributed by atoms with van der Waals surface area (Å²) in [6.07, 6.45) is 1.22. The van der Waals surface area contributed by atoms with Crippen LogP contribution in [0.5, 0.6) is 0 Å². The highest BCUT2D eigenvalue weighted by atomic mass is 16.4. The molecule has 0 radical (unpaired) electrons. The van der Waals surface area contributed by atoms with Gasteiger partial charge in [-0.1, -0.05) is 0 Å². The molecule has 0 atom stereocenters. The Bertz CT molecular complexity index is 766. The molecule has 2 aromatic rings. The molecule has 1 aliphatic rings. The summed E-state index contributed by atoms with van der Waals surface area (Å²) in [5, 5.41) is 12.4. The van der Waals surface area contributed by atoms with Crippen molar-refractivity contribution in [3.05, 3.63) is 40.8 Å². The third-order valence-electron chi connectivity index (χ3n) is 3.28. The molecule has 1 aromatic carbocycles. The Balaban J connectivity index is 1.90. The van der Waals surface area contributed by atoms with Crippen LogP contribution in [0, 0.1) is 16.7 Å². The first-order valence-electron chi connectivity index (χ1n) is 5.90. The second-order valence-electron chi connectivity index (χ2n) is 4.66. The van der Waals surface area contributed by atoms with Crippen molar-refractivity contribution in [1.29, 1.82) is 5.26 Å². The normalized spacial score (nSPS) is 15.7. The highest BCUT2D eigenvalue weighted by Crippen LogP contribution is 2.45. The maximum absolute atomic E-state index is 11.9. The number of nitriles is 1. The molecule has 1 aliphatic carbocycles. The highest BCUT2D eigenvalue weighted by Gasteiger charge is 2.50. The van der Waals surface area contributed by atoms with Crippen molar-refractivity contribution in [2.75, 3.05) is 5.32 Å². The van der Waals surface area contributed by atoms with Gasteiger partial charge >= 0.3 is 5.63 Å². The zero-order valence-corrected chi connectivity index (χ0v) is 9.97. The highest BCUT2D eigenvalue weighted by molar-refractivity contribution is 6.00. The van der Waals surface area contributed by atoms with E-state index in [1.165, 1.54) is 6.07 Å². The zero-order valence-electron chi connectivity index (χ0n) is 9.97. The van der Waals surface area contributed by atoms with E-state index < -0.39 is 11.0 Å². The Morgan fingerprint density at radius 1 is 1.32 bits per heavy atom. The fraction of sp³-hybridized carbons (Fsp3) is 0.214. The van der Waals surface area contributed by atoms with E-state index in [2.05, 4.69) is 5.32 Å². The molecule has 1 aromatic heterocycles. The van der Waals surface area contributed by atoms with Crippen LogP contribution in [0.4, 0.5) is 5.69 Å². The minimum atomic E-state index is -0.849. The third-order valence-corrected chi connectivity index (χ3v) is 3.28. The summed E-state index contributed by atoms with van der Waals surface area (Å²) in [5.74, 6) is -0.272. The van der Waals surface area contributed by atoms with E-state index in [4.69, 9.17) is 9.68 Å². The number of hydrogen-bond donors (Lipinski definition) is 1. The molecule has 5 nitrogen and oxygen atoms in total. The number of nitrogens with zero attached hydrogens (tertiary/aromatic N) is 1. The molecular weight excluding hydrogens is 244 g/mol. The van der Waals surface area contributed by atoms with Gasteiger partial charge in [0.1, 0.15) is 11.0 Å². The van der Waals surface area contributed by atoms with E-state index >= 15 is 0 Å². The van der Waals surface area contributed by atoms with Crippen molar-refractivity contribution in [2.24, 2.45) is 5.41 Å². The molecule has 0 aliphatic heterocycles. The third kappa shape index (κ3) is 1.97. The predicted molar refractivity (Wildman–Crippen MR) is 68.4 cm³/mol. The largest absolute Gasteiger partial charge is 0.423 e. The number of rotatable bonds is 2. The van der Waals surface area contributed by atoms with Gasteiger partial charge in [-0.25, -0.2) is 4.79 Å². The molecule has 3 rings (SSSR count). The van der Waals surface area contributed by atoms with Gasteiger partial charge in [-0.3, -0.25) is 4.79 Å². The molecular formula is C14H10N2O3. The first kappa shape index (κ1) is 11.5. The zero-order chi connectivity index (χ0) is 13.5. The van der Waals surface area contributed by atoms with Crippen molar-refractivity contribution in [3.63, 3.8) is 0 Å². The SMILES string of the molecule is N#CC1(C(=O)Nc2ccc3oc(=O)ccc3c2)CC1. The number of nitrogens with one attached hydrogen (secondary N) is 1. The molecule has 1 heterocycles. The summed E-state index contributed by atoms with van der Waals surface area (Å²) in [6, 6.07) is 9.99. The van der Waals surface area contributed by atoms with Crippen LogP contribution < -0.4 is 10.9 Å². The summed E-state index contributed by atoms with van der Waals surface area (Å²) in [5.41, 5.74) is -0.205. The summed E-state index contributed by atoms with van der Waals surface area (Å²) in [7, 11) is 0. The maximum atomic E-state index is 11.9. The van der Waals surface area contributed by atoms with Gasteiger partial charge in [0.2, 0.25) is 5.91 Å². The van der Waals surface area contributed by atoms with Crippen molar-refractivity contribution in [2.45, 2.75) is 12.8 Å². The minimum absolute atomic E-state index is 0.272. The lowest BCUT2D eigenvalue weighted by Crippen LogP contribution is -2.22. The van der Waals surface area contributed by atoms with Crippen molar-refractivity contribution in [3.8, 4) is 6.07 Å². The van der Waals surface area contributed by atoms with Crippen LogP contribution in [-0.4, -0.2) is 5.91 Å². The van der Waals surface area contributed by atoms with Crippen LogP contribution >= 0.6 is 0 Å². The van der Waals surface area contributed by atoms with E-state index in [0.717, 1.165) is 5.39 Å². The van der Waals surface area contributed by atoms with Crippen LogP contribution in [-0.2, 0) is 4.79 Å². The maximum Gasteiger partial charge on any atom is 0.336 e. The fourth-order valence-electron chi connectivity index (χ4n) is 1.91. The van der Waals surface area contributed by atoms with E-state index in [0.29, 0.717) is 24.1 Å². The summed E-state index contributed by atoms with van der Waals surface area (Å²) in [6.45, 7) is 0. The van der Waals surface area contributed by atoms with Gasteiger partial charge in [-0.2, -0.15) is 5.26 Å². The summed E-state index contributed by atoms with van der Waals surface area (Å²) in [4.78, 5) is 23.0. The van der Waals surface area contributed by atoms with Gasteiger partial charge in [-0.15, -0.1) is 0 Å². The van der Waals surface area contributed by atoms with E-state index in [1.807, 2.05) is 6.07 Å². The number of carbonyl (C=O) groups is 1. The fourth-order valence-corrected chi connectivity index (χ4v) is 1.91. The Hall–Kier alpha value is -2.61. The Morgan fingerprint density at radius 2 is 2.11 bits per heavy atom. The van der Waals surface area contributed by atoms with Gasteiger partial charge in [0.05, 0.1) is 6.07 Å². The topological polar surface area (TPSA) is 83.1 Å². The molecule has 5 heteroatoms. The average molecular weight is 254 g/mol. The average Bonchev–Trinajstić information content (AvgIpc) is 3.20. The molecule has 0 unspecified atom stereocenters. The van der Waals surface area contributed by atoms with Gasteiger partial charge in [-0.05, 0) is 37.1 Å². The molecule has 19 heavy (non-hydrogen) atoms. The van der Waals surface area contributed by atoms with E-state index in [-0.39, 0.29) is 5.91 Å². The Kier molecular flexibility index (Phi) is 2.39. The van der Waals surface area contributed by atoms with Crippen molar-refractivity contribution in [1.82, 2.24) is 0 Å². The second-order valence-corrected chi connectivity index (χ2v) is 4.66. The number of anilines is 1. The number of fused-ring (bicyclic) bond motifs is 1. The smallest absolute Gasteiger partial charge is 0.336 e. The van der Waals surface area contributed by atoms with Crippen molar-refractivity contribution >= 4 is 22.6 Å². The molecule has 0 bridgehead atoms.